The van der Waals surface area contributed by atoms with Crippen molar-refractivity contribution >= 4 is 34.9 Å². The first-order valence-corrected chi connectivity index (χ1v) is 10.5. The molecule has 1 atom stereocenters. The number of anilines is 1. The van der Waals surface area contributed by atoms with Crippen molar-refractivity contribution in [1.29, 1.82) is 0 Å². The lowest BCUT2D eigenvalue weighted by atomic mass is 9.94. The summed E-state index contributed by atoms with van der Waals surface area (Å²) in [5.74, 6) is -0.584. The predicted octanol–water partition coefficient (Wildman–Crippen LogP) is 4.29. The second kappa shape index (κ2) is 9.11. The molecule has 34 heavy (non-hydrogen) atoms. The summed E-state index contributed by atoms with van der Waals surface area (Å²) in [5, 5.41) is 15.4. The molecule has 1 aromatic heterocycles. The molecule has 176 valence electrons. The topological polar surface area (TPSA) is 111 Å². The molecule has 3 aromatic rings. The van der Waals surface area contributed by atoms with Gasteiger partial charge in [0.1, 0.15) is 23.3 Å². The van der Waals surface area contributed by atoms with E-state index in [1.165, 1.54) is 39.5 Å². The average Bonchev–Trinajstić information content (AvgIpc) is 3.38. The molecule has 0 aliphatic carbocycles. The summed E-state index contributed by atoms with van der Waals surface area (Å²) in [6.45, 7) is 1.66. The highest BCUT2D eigenvalue weighted by Crippen LogP contribution is 2.47. The van der Waals surface area contributed by atoms with Gasteiger partial charge < -0.3 is 23.8 Å². The molecule has 1 amide bonds. The average molecular weight is 485 g/mol. The number of methoxy groups -OCH3 is 3. The molecule has 0 spiro atoms. The van der Waals surface area contributed by atoms with E-state index in [4.69, 9.17) is 30.3 Å². The lowest BCUT2D eigenvalue weighted by Crippen LogP contribution is -2.30. The fourth-order valence-electron chi connectivity index (χ4n) is 3.93. The van der Waals surface area contributed by atoms with E-state index in [1.54, 1.807) is 31.2 Å². The minimum Gasteiger partial charge on any atom is -0.507 e. The number of benzene rings is 2. The summed E-state index contributed by atoms with van der Waals surface area (Å²) in [7, 11) is 4.37. The molecule has 0 bridgehead atoms. The number of para-hydroxylation sites is 1. The maximum atomic E-state index is 13.3. The molecule has 1 aliphatic heterocycles. The first-order valence-electron chi connectivity index (χ1n) is 10.1. The van der Waals surface area contributed by atoms with Gasteiger partial charge in [-0.25, -0.2) is 0 Å². The van der Waals surface area contributed by atoms with Crippen molar-refractivity contribution in [3.05, 3.63) is 69.9 Å². The van der Waals surface area contributed by atoms with E-state index >= 15 is 0 Å². The number of carbonyl (C=O) groups excluding carboxylic acids is 2. The van der Waals surface area contributed by atoms with Crippen molar-refractivity contribution in [1.82, 2.24) is 5.16 Å². The molecule has 0 saturated carbocycles. The van der Waals surface area contributed by atoms with Crippen LogP contribution < -0.4 is 19.1 Å². The van der Waals surface area contributed by atoms with Crippen LogP contribution in [0.1, 0.15) is 22.9 Å². The van der Waals surface area contributed by atoms with Gasteiger partial charge >= 0.3 is 5.91 Å². The van der Waals surface area contributed by atoms with Crippen molar-refractivity contribution in [3.8, 4) is 17.2 Å². The zero-order chi connectivity index (χ0) is 24.6. The molecule has 1 fully saturated rings. The van der Waals surface area contributed by atoms with E-state index in [1.807, 2.05) is 0 Å². The molecule has 0 radical (unpaired) electrons. The summed E-state index contributed by atoms with van der Waals surface area (Å²) in [6, 6.07) is 10.0. The summed E-state index contributed by atoms with van der Waals surface area (Å²) >= 11 is 6.23. The summed E-state index contributed by atoms with van der Waals surface area (Å²) in [4.78, 5) is 27.6. The number of aromatic nitrogens is 1. The van der Waals surface area contributed by atoms with Gasteiger partial charge in [-0.15, -0.1) is 0 Å². The van der Waals surface area contributed by atoms with E-state index in [9.17, 15) is 14.7 Å². The van der Waals surface area contributed by atoms with Gasteiger partial charge in [0.25, 0.3) is 5.78 Å². The highest BCUT2D eigenvalue weighted by atomic mass is 35.5. The molecule has 1 unspecified atom stereocenters. The second-order valence-electron chi connectivity index (χ2n) is 7.40. The molecule has 2 heterocycles. The van der Waals surface area contributed by atoms with Crippen LogP contribution in [-0.4, -0.2) is 43.3 Å². The van der Waals surface area contributed by atoms with Crippen LogP contribution in [0.25, 0.3) is 5.76 Å². The Bertz CT molecular complexity index is 1310. The lowest BCUT2D eigenvalue weighted by molar-refractivity contribution is -0.132. The molecule has 1 aliphatic rings. The highest BCUT2D eigenvalue weighted by Gasteiger charge is 2.49. The van der Waals surface area contributed by atoms with Crippen molar-refractivity contribution in [3.63, 3.8) is 0 Å². The summed E-state index contributed by atoms with van der Waals surface area (Å²) in [5.41, 5.74) is 0.466. The van der Waals surface area contributed by atoms with Gasteiger partial charge in [-0.3, -0.25) is 14.5 Å². The van der Waals surface area contributed by atoms with Gasteiger partial charge in [0.15, 0.2) is 17.3 Å². The first-order chi connectivity index (χ1) is 16.3. The zero-order valence-corrected chi connectivity index (χ0v) is 19.5. The van der Waals surface area contributed by atoms with Crippen LogP contribution in [0.15, 0.2) is 52.6 Å². The van der Waals surface area contributed by atoms with Gasteiger partial charge in [0.2, 0.25) is 0 Å². The van der Waals surface area contributed by atoms with Crippen molar-refractivity contribution < 1.29 is 33.4 Å². The van der Waals surface area contributed by atoms with Crippen LogP contribution in [0.5, 0.6) is 17.2 Å². The maximum Gasteiger partial charge on any atom is 0.301 e. The third kappa shape index (κ3) is 3.73. The molecule has 1 N–H and O–H groups in total. The minimum absolute atomic E-state index is 0.112. The van der Waals surface area contributed by atoms with Gasteiger partial charge in [-0.2, -0.15) is 0 Å². The van der Waals surface area contributed by atoms with Crippen LogP contribution in [0.3, 0.4) is 0 Å². The third-order valence-corrected chi connectivity index (χ3v) is 5.76. The Kier molecular flexibility index (Phi) is 6.21. The Morgan fingerprint density at radius 2 is 1.79 bits per heavy atom. The molecular weight excluding hydrogens is 464 g/mol. The van der Waals surface area contributed by atoms with Crippen LogP contribution >= 0.6 is 11.6 Å². The number of ether oxygens (including phenoxy) is 3. The van der Waals surface area contributed by atoms with E-state index in [0.717, 1.165) is 4.90 Å². The number of ketones is 1. The van der Waals surface area contributed by atoms with Crippen LogP contribution in [0.2, 0.25) is 5.02 Å². The monoisotopic (exact) mass is 484 g/mol. The second-order valence-corrected chi connectivity index (χ2v) is 7.80. The number of carbonyl (C=O) groups is 2. The smallest absolute Gasteiger partial charge is 0.301 e. The quantitative estimate of drug-likeness (QED) is 0.313. The SMILES string of the molecule is COc1ccc(/C(O)=C2/C(=O)C(=O)N(c3cc(C)on3)C2c2cccc(OC)c2OC)cc1Cl. The summed E-state index contributed by atoms with van der Waals surface area (Å²) < 4.78 is 21.3. The Morgan fingerprint density at radius 1 is 1.06 bits per heavy atom. The van der Waals surface area contributed by atoms with Crippen molar-refractivity contribution in [2.24, 2.45) is 0 Å². The number of Topliss-reactive ketones (excluding diaryl/α,β-unsaturated/α-hetero) is 1. The number of aliphatic hydroxyl groups is 1. The summed E-state index contributed by atoms with van der Waals surface area (Å²) in [6.07, 6.45) is 0. The van der Waals surface area contributed by atoms with E-state index < -0.39 is 23.5 Å². The van der Waals surface area contributed by atoms with E-state index in [2.05, 4.69) is 5.16 Å². The number of rotatable bonds is 6. The standard InChI is InChI=1S/C24H21ClN2O7/c1-12-10-18(26-34-12)27-20(14-6-5-7-17(32-3)23(14)33-4)19(22(29)24(27)30)21(28)13-8-9-16(31-2)15(25)11-13/h5-11,20,28H,1-4H3/b21-19-. The number of nitrogens with zero attached hydrogens (tertiary/aromatic N) is 2. The minimum atomic E-state index is -1.09. The van der Waals surface area contributed by atoms with Crippen LogP contribution in [-0.2, 0) is 9.59 Å². The number of hydrogen-bond acceptors (Lipinski definition) is 8. The molecule has 9 nitrogen and oxygen atoms in total. The van der Waals surface area contributed by atoms with Gasteiger partial charge in [0, 0.05) is 17.2 Å². The van der Waals surface area contributed by atoms with Crippen LogP contribution in [0, 0.1) is 6.92 Å². The fraction of sp³-hybridized carbons (Fsp3) is 0.208. The van der Waals surface area contributed by atoms with Gasteiger partial charge in [-0.05, 0) is 31.2 Å². The molecule has 10 heteroatoms. The van der Waals surface area contributed by atoms with E-state index in [0.29, 0.717) is 28.6 Å². The first kappa shape index (κ1) is 23.2. The van der Waals surface area contributed by atoms with Crippen LogP contribution in [0.4, 0.5) is 5.82 Å². The Balaban J connectivity index is 2.00. The number of aryl methyl sites for hydroxylation is 1. The third-order valence-electron chi connectivity index (χ3n) is 5.46. The van der Waals surface area contributed by atoms with Crippen molar-refractivity contribution in [2.75, 3.05) is 26.2 Å². The molecule has 1 saturated heterocycles. The van der Waals surface area contributed by atoms with Gasteiger partial charge in [0.05, 0.1) is 31.9 Å². The van der Waals surface area contributed by atoms with E-state index in [-0.39, 0.29) is 22.0 Å². The highest BCUT2D eigenvalue weighted by molar-refractivity contribution is 6.51. The normalized spacial score (nSPS) is 17.2. The lowest BCUT2D eigenvalue weighted by Gasteiger charge is -2.25. The Hall–Kier alpha value is -3.98. The largest absolute Gasteiger partial charge is 0.507 e. The predicted molar refractivity (Wildman–Crippen MR) is 124 cm³/mol. The number of halogens is 1. The van der Waals surface area contributed by atoms with Crippen molar-refractivity contribution in [2.45, 2.75) is 13.0 Å². The number of hydrogen-bond donors (Lipinski definition) is 1. The zero-order valence-electron chi connectivity index (χ0n) is 18.8. The fourth-order valence-corrected chi connectivity index (χ4v) is 4.18. The van der Waals surface area contributed by atoms with Gasteiger partial charge in [-0.1, -0.05) is 28.9 Å². The molecule has 2 aromatic carbocycles. The number of amides is 1. The number of aliphatic hydroxyl groups excluding tert-OH is 1. The molecular formula is C24H21ClN2O7. The molecule has 4 rings (SSSR count). The Labute approximate surface area is 200 Å². The maximum absolute atomic E-state index is 13.3. The Morgan fingerprint density at radius 3 is 2.38 bits per heavy atom.